The smallest absolute Gasteiger partial charge is 0.410 e. The van der Waals surface area contributed by atoms with Crippen LogP contribution < -0.4 is 4.90 Å². The van der Waals surface area contributed by atoms with E-state index in [1.165, 1.54) is 6.20 Å². The van der Waals surface area contributed by atoms with Crippen molar-refractivity contribution in [3.8, 4) is 0 Å². The quantitative estimate of drug-likeness (QED) is 0.623. The maximum absolute atomic E-state index is 12.3. The van der Waals surface area contributed by atoms with Crippen molar-refractivity contribution in [2.75, 3.05) is 24.5 Å². The van der Waals surface area contributed by atoms with Gasteiger partial charge in [0.05, 0.1) is 0 Å². The molecule has 0 bridgehead atoms. The Kier molecular flexibility index (Phi) is 5.26. The Hall–Kier alpha value is -2.38. The molecule has 8 nitrogen and oxygen atoms in total. The van der Waals surface area contributed by atoms with Crippen LogP contribution in [0, 0.1) is 10.1 Å². The average molecular weight is 336 g/mol. The maximum Gasteiger partial charge on any atom is 0.410 e. The molecule has 1 saturated heterocycles. The molecule has 0 radical (unpaired) electrons. The number of pyridine rings is 1. The first-order valence-electron chi connectivity index (χ1n) is 8.07. The molecule has 8 heteroatoms. The fourth-order valence-corrected chi connectivity index (χ4v) is 2.77. The summed E-state index contributed by atoms with van der Waals surface area (Å²) in [7, 11) is 0. The van der Waals surface area contributed by atoms with Crippen molar-refractivity contribution < 1.29 is 14.5 Å². The fourth-order valence-electron chi connectivity index (χ4n) is 2.77. The predicted molar refractivity (Wildman–Crippen MR) is 90.1 cm³/mol. The van der Waals surface area contributed by atoms with Crippen LogP contribution in [0.1, 0.15) is 34.1 Å². The minimum Gasteiger partial charge on any atom is -0.444 e. The molecule has 1 aromatic heterocycles. The lowest BCUT2D eigenvalue weighted by Gasteiger charge is -2.42. The normalized spacial score (nSPS) is 18.4. The highest BCUT2D eigenvalue weighted by atomic mass is 16.6. The van der Waals surface area contributed by atoms with Gasteiger partial charge in [-0.1, -0.05) is 6.92 Å². The van der Waals surface area contributed by atoms with E-state index in [9.17, 15) is 14.9 Å². The molecule has 0 unspecified atom stereocenters. The van der Waals surface area contributed by atoms with Gasteiger partial charge in [0, 0.05) is 25.7 Å². The number of ether oxygens (including phenoxy) is 1. The van der Waals surface area contributed by atoms with E-state index in [0.29, 0.717) is 25.3 Å². The monoisotopic (exact) mass is 336 g/mol. The highest BCUT2D eigenvalue weighted by Crippen LogP contribution is 2.29. The van der Waals surface area contributed by atoms with Crippen LogP contribution in [0.3, 0.4) is 0 Å². The van der Waals surface area contributed by atoms with Gasteiger partial charge in [-0.2, -0.15) is 0 Å². The summed E-state index contributed by atoms with van der Waals surface area (Å²) in [6.07, 6.45) is 1.83. The third kappa shape index (κ3) is 4.12. The Morgan fingerprint density at radius 1 is 1.46 bits per heavy atom. The summed E-state index contributed by atoms with van der Waals surface area (Å²) >= 11 is 0. The van der Waals surface area contributed by atoms with Crippen LogP contribution in [0.4, 0.5) is 16.3 Å². The van der Waals surface area contributed by atoms with E-state index in [2.05, 4.69) is 4.98 Å². The largest absolute Gasteiger partial charge is 0.444 e. The number of hydrogen-bond acceptors (Lipinski definition) is 6. The molecule has 132 valence electrons. The third-order valence-electron chi connectivity index (χ3n) is 3.85. The number of nitrogens with zero attached hydrogens (tertiary/aromatic N) is 4. The van der Waals surface area contributed by atoms with Crippen LogP contribution in [0.25, 0.3) is 0 Å². The van der Waals surface area contributed by atoms with Gasteiger partial charge in [-0.25, -0.2) is 4.79 Å². The summed E-state index contributed by atoms with van der Waals surface area (Å²) in [6, 6.07) is 3.38. The minimum absolute atomic E-state index is 0.0193. The summed E-state index contributed by atoms with van der Waals surface area (Å²) in [5, 5.41) is 11.2. The van der Waals surface area contributed by atoms with Gasteiger partial charge < -0.3 is 24.7 Å². The molecule has 0 aromatic carbocycles. The molecule has 2 heterocycles. The second kappa shape index (κ2) is 7.02. The Balaban J connectivity index is 2.17. The van der Waals surface area contributed by atoms with Crippen molar-refractivity contribution in [1.29, 1.82) is 0 Å². The van der Waals surface area contributed by atoms with Crippen molar-refractivity contribution in [3.05, 3.63) is 28.4 Å². The molecule has 1 atom stereocenters. The van der Waals surface area contributed by atoms with E-state index in [4.69, 9.17) is 4.74 Å². The first-order valence-corrected chi connectivity index (χ1v) is 8.07. The number of rotatable bonds is 3. The molecule has 24 heavy (non-hydrogen) atoms. The molecule has 0 saturated carbocycles. The van der Waals surface area contributed by atoms with Gasteiger partial charge in [0.1, 0.15) is 17.5 Å². The third-order valence-corrected chi connectivity index (χ3v) is 3.85. The molecule has 0 spiro atoms. The SMILES string of the molecule is CC[C@@H]1CN(C(=O)OC(C)(C)C)CCN1c1cccnc1[N+](=O)[O-]. The van der Waals surface area contributed by atoms with Gasteiger partial charge >= 0.3 is 11.9 Å². The highest BCUT2D eigenvalue weighted by molar-refractivity contribution is 5.69. The average Bonchev–Trinajstić information content (AvgIpc) is 2.52. The van der Waals surface area contributed by atoms with Crippen molar-refractivity contribution in [2.45, 2.75) is 45.8 Å². The lowest BCUT2D eigenvalue weighted by atomic mass is 10.1. The standard InChI is InChI=1S/C16H24N4O4/c1-5-12-11-18(15(21)24-16(2,3)4)9-10-19(12)13-7-6-8-17-14(13)20(22)23/h6-8,12H,5,9-11H2,1-4H3/t12-/m1/s1. The van der Waals surface area contributed by atoms with Crippen molar-refractivity contribution >= 4 is 17.6 Å². The van der Waals surface area contributed by atoms with Gasteiger partial charge in [-0.05, 0) is 49.2 Å². The Bertz CT molecular complexity index is 614. The van der Waals surface area contributed by atoms with E-state index in [1.807, 2.05) is 32.6 Å². The fraction of sp³-hybridized carbons (Fsp3) is 0.625. The van der Waals surface area contributed by atoms with Crippen LogP contribution in [-0.2, 0) is 4.74 Å². The number of piperazine rings is 1. The Morgan fingerprint density at radius 2 is 2.17 bits per heavy atom. The maximum atomic E-state index is 12.3. The number of carbonyl (C=O) groups is 1. The highest BCUT2D eigenvalue weighted by Gasteiger charge is 2.34. The number of nitro groups is 1. The van der Waals surface area contributed by atoms with E-state index in [0.717, 1.165) is 6.42 Å². The van der Waals surface area contributed by atoms with Gasteiger partial charge in [0.2, 0.25) is 0 Å². The molecule has 1 fully saturated rings. The summed E-state index contributed by atoms with van der Waals surface area (Å²) in [5.74, 6) is -0.151. The molecule has 0 N–H and O–H groups in total. The first-order chi connectivity index (χ1) is 11.2. The first kappa shape index (κ1) is 18.0. The van der Waals surface area contributed by atoms with Crippen LogP contribution in [0.15, 0.2) is 18.3 Å². The van der Waals surface area contributed by atoms with Gasteiger partial charge in [0.15, 0.2) is 0 Å². The van der Waals surface area contributed by atoms with Crippen molar-refractivity contribution in [3.63, 3.8) is 0 Å². The lowest BCUT2D eigenvalue weighted by molar-refractivity contribution is -0.388. The molecule has 1 amide bonds. The minimum atomic E-state index is -0.544. The van der Waals surface area contributed by atoms with Gasteiger partial charge in [-0.3, -0.25) is 0 Å². The Morgan fingerprint density at radius 3 is 2.75 bits per heavy atom. The van der Waals surface area contributed by atoms with E-state index < -0.39 is 10.5 Å². The number of carbonyl (C=O) groups excluding carboxylic acids is 1. The zero-order valence-corrected chi connectivity index (χ0v) is 14.6. The molecule has 1 aliphatic heterocycles. The zero-order valence-electron chi connectivity index (χ0n) is 14.6. The molecular formula is C16H24N4O4. The molecule has 2 rings (SSSR count). The molecule has 1 aliphatic rings. The van der Waals surface area contributed by atoms with E-state index in [1.54, 1.807) is 17.0 Å². The van der Waals surface area contributed by atoms with E-state index in [-0.39, 0.29) is 18.0 Å². The molecular weight excluding hydrogens is 312 g/mol. The van der Waals surface area contributed by atoms with Crippen molar-refractivity contribution in [1.82, 2.24) is 9.88 Å². The summed E-state index contributed by atoms with van der Waals surface area (Å²) in [4.78, 5) is 30.5. The predicted octanol–water partition coefficient (Wildman–Crippen LogP) is 2.83. The summed E-state index contributed by atoms with van der Waals surface area (Å²) in [6.45, 7) is 8.92. The molecule has 1 aromatic rings. The second-order valence-electron chi connectivity index (χ2n) is 6.79. The van der Waals surface area contributed by atoms with E-state index >= 15 is 0 Å². The van der Waals surface area contributed by atoms with Crippen LogP contribution in [-0.4, -0.2) is 52.2 Å². The van der Waals surface area contributed by atoms with Gasteiger partial charge in [-0.15, -0.1) is 0 Å². The number of aromatic nitrogens is 1. The lowest BCUT2D eigenvalue weighted by Crippen LogP contribution is -2.55. The second-order valence-corrected chi connectivity index (χ2v) is 6.79. The zero-order chi connectivity index (χ0) is 17.9. The van der Waals surface area contributed by atoms with Crippen LogP contribution in [0.2, 0.25) is 0 Å². The Labute approximate surface area is 141 Å². The summed E-state index contributed by atoms with van der Waals surface area (Å²) in [5.41, 5.74) is -0.0453. The number of amides is 1. The van der Waals surface area contributed by atoms with Gasteiger partial charge in [0.25, 0.3) is 0 Å². The molecule has 0 aliphatic carbocycles. The summed E-state index contributed by atoms with van der Waals surface area (Å²) < 4.78 is 5.42. The number of anilines is 1. The van der Waals surface area contributed by atoms with Crippen molar-refractivity contribution in [2.24, 2.45) is 0 Å². The van der Waals surface area contributed by atoms with Crippen LogP contribution in [0.5, 0.6) is 0 Å². The topological polar surface area (TPSA) is 88.8 Å². The number of hydrogen-bond donors (Lipinski definition) is 0. The van der Waals surface area contributed by atoms with Crippen LogP contribution >= 0.6 is 0 Å².